The van der Waals surface area contributed by atoms with Gasteiger partial charge in [0, 0.05) is 19.0 Å². The van der Waals surface area contributed by atoms with Crippen molar-refractivity contribution in [1.29, 1.82) is 0 Å². The predicted octanol–water partition coefficient (Wildman–Crippen LogP) is 2.11. The molecule has 3 saturated carbocycles. The number of amides is 4. The predicted molar refractivity (Wildman–Crippen MR) is 127 cm³/mol. The molecule has 3 aliphatic carbocycles. The van der Waals surface area contributed by atoms with Gasteiger partial charge in [0.25, 0.3) is 5.91 Å². The van der Waals surface area contributed by atoms with Crippen molar-refractivity contribution in [2.24, 2.45) is 5.41 Å². The van der Waals surface area contributed by atoms with E-state index in [-0.39, 0.29) is 11.5 Å². The maximum atomic E-state index is 13.6. The molecule has 4 rings (SSSR count). The molecule has 2 atom stereocenters. The molecule has 12 heteroatoms. The van der Waals surface area contributed by atoms with Gasteiger partial charge in [-0.15, -0.1) is 0 Å². The number of carboxylic acid groups (broad SMARTS) is 1. The highest BCUT2D eigenvalue weighted by Crippen LogP contribution is 2.48. The van der Waals surface area contributed by atoms with E-state index in [1.165, 1.54) is 4.90 Å². The van der Waals surface area contributed by atoms with Crippen molar-refractivity contribution in [1.82, 2.24) is 20.9 Å². The van der Waals surface area contributed by atoms with E-state index in [2.05, 4.69) is 16.0 Å². The van der Waals surface area contributed by atoms with Crippen molar-refractivity contribution in [3.63, 3.8) is 0 Å². The van der Waals surface area contributed by atoms with Gasteiger partial charge in [-0.05, 0) is 63.7 Å². The molecule has 1 unspecified atom stereocenters. The minimum atomic E-state index is -3.10. The van der Waals surface area contributed by atoms with Crippen LogP contribution in [0.3, 0.4) is 0 Å². The summed E-state index contributed by atoms with van der Waals surface area (Å²) in [5.74, 6) is -6.17. The van der Waals surface area contributed by atoms with Gasteiger partial charge in [-0.1, -0.05) is 19.3 Å². The fourth-order valence-corrected chi connectivity index (χ4v) is 5.74. The quantitative estimate of drug-likeness (QED) is 0.321. The van der Waals surface area contributed by atoms with Crippen LogP contribution in [-0.2, 0) is 19.2 Å². The van der Waals surface area contributed by atoms with Crippen molar-refractivity contribution in [2.45, 2.75) is 114 Å². The van der Waals surface area contributed by atoms with Crippen molar-refractivity contribution < 1.29 is 37.9 Å². The summed E-state index contributed by atoms with van der Waals surface area (Å²) in [4.78, 5) is 65.0. The first-order valence-corrected chi connectivity index (χ1v) is 13.2. The Morgan fingerprint density at radius 3 is 2.24 bits per heavy atom. The SMILES string of the molecule is CC(F)(F)CCC(NC(=O)[C@@H]1CC2(CCCCC2)CN1C(=O)C1(NC(=O)O)CC1)C(=O)C(=O)NC1CC1. The lowest BCUT2D eigenvalue weighted by Crippen LogP contribution is -2.57. The Labute approximate surface area is 214 Å². The second-order valence-electron chi connectivity index (χ2n) is 11.5. The van der Waals surface area contributed by atoms with Crippen molar-refractivity contribution in [2.75, 3.05) is 6.54 Å². The smallest absolute Gasteiger partial charge is 0.405 e. The number of ketones is 1. The Hall–Kier alpha value is -2.79. The molecule has 1 heterocycles. The van der Waals surface area contributed by atoms with Crippen LogP contribution in [0.5, 0.6) is 0 Å². The summed E-state index contributed by atoms with van der Waals surface area (Å²) in [6.07, 6.45) is 4.56. The van der Waals surface area contributed by atoms with Gasteiger partial charge in [-0.25, -0.2) is 13.6 Å². The Morgan fingerprint density at radius 2 is 1.70 bits per heavy atom. The highest BCUT2D eigenvalue weighted by atomic mass is 19.3. The average molecular weight is 527 g/mol. The van der Waals surface area contributed by atoms with Crippen molar-refractivity contribution >= 4 is 29.6 Å². The van der Waals surface area contributed by atoms with Crippen LogP contribution in [0.1, 0.15) is 84.0 Å². The van der Waals surface area contributed by atoms with Gasteiger partial charge < -0.3 is 26.0 Å². The lowest BCUT2D eigenvalue weighted by molar-refractivity contribution is -0.143. The first kappa shape index (κ1) is 27.3. The Bertz CT molecular complexity index is 953. The first-order valence-electron chi connectivity index (χ1n) is 13.2. The number of carbonyl (C=O) groups is 5. The number of hydrogen-bond donors (Lipinski definition) is 4. The summed E-state index contributed by atoms with van der Waals surface area (Å²) < 4.78 is 27.2. The number of carbonyl (C=O) groups excluding carboxylic acids is 4. The third-order valence-electron chi connectivity index (χ3n) is 8.13. The van der Waals surface area contributed by atoms with Gasteiger partial charge >= 0.3 is 6.09 Å². The van der Waals surface area contributed by atoms with Gasteiger partial charge in [0.1, 0.15) is 11.6 Å². The van der Waals surface area contributed by atoms with Gasteiger partial charge in [-0.3, -0.25) is 19.2 Å². The topological polar surface area (TPSA) is 145 Å². The van der Waals surface area contributed by atoms with Crippen LogP contribution >= 0.6 is 0 Å². The molecule has 1 saturated heterocycles. The Morgan fingerprint density at radius 1 is 1.05 bits per heavy atom. The maximum absolute atomic E-state index is 13.6. The summed E-state index contributed by atoms with van der Waals surface area (Å²) in [6.45, 7) is 0.996. The fourth-order valence-electron chi connectivity index (χ4n) is 5.74. The molecular weight excluding hydrogens is 490 g/mol. The van der Waals surface area contributed by atoms with Gasteiger partial charge in [0.2, 0.25) is 23.5 Å². The van der Waals surface area contributed by atoms with E-state index >= 15 is 0 Å². The van der Waals surface area contributed by atoms with E-state index in [1.807, 2.05) is 0 Å². The number of halogens is 2. The summed E-state index contributed by atoms with van der Waals surface area (Å²) in [5.41, 5.74) is -1.57. The third kappa shape index (κ3) is 6.56. The minimum Gasteiger partial charge on any atom is -0.465 e. The summed E-state index contributed by atoms with van der Waals surface area (Å²) >= 11 is 0. The van der Waals surface area contributed by atoms with Crippen molar-refractivity contribution in [3.8, 4) is 0 Å². The number of Topliss-reactive ketones (excluding diaryl/α,β-unsaturated/α-hetero) is 1. The van der Waals surface area contributed by atoms with Crippen LogP contribution in [0.4, 0.5) is 13.6 Å². The summed E-state index contributed by atoms with van der Waals surface area (Å²) in [6, 6.07) is -2.56. The molecule has 0 aromatic rings. The highest BCUT2D eigenvalue weighted by molar-refractivity contribution is 6.38. The molecule has 0 bridgehead atoms. The van der Waals surface area contributed by atoms with Gasteiger partial charge in [0.05, 0.1) is 6.04 Å². The van der Waals surface area contributed by atoms with E-state index in [4.69, 9.17) is 0 Å². The summed E-state index contributed by atoms with van der Waals surface area (Å²) in [7, 11) is 0. The average Bonchev–Trinajstić information content (AvgIpc) is 3.75. The molecule has 4 N–H and O–H groups in total. The fraction of sp³-hybridized carbons (Fsp3) is 0.800. The molecule has 1 spiro atoms. The zero-order valence-corrected chi connectivity index (χ0v) is 21.1. The molecule has 1 aliphatic heterocycles. The van der Waals surface area contributed by atoms with E-state index < -0.39 is 66.0 Å². The molecule has 206 valence electrons. The molecule has 37 heavy (non-hydrogen) atoms. The van der Waals surface area contributed by atoms with Gasteiger partial charge in [-0.2, -0.15) is 0 Å². The number of nitrogens with zero attached hydrogens (tertiary/aromatic N) is 1. The normalized spacial score (nSPS) is 24.7. The Balaban J connectivity index is 1.53. The first-order chi connectivity index (χ1) is 17.3. The largest absolute Gasteiger partial charge is 0.465 e. The summed E-state index contributed by atoms with van der Waals surface area (Å²) in [5, 5.41) is 16.6. The maximum Gasteiger partial charge on any atom is 0.405 e. The monoisotopic (exact) mass is 526 g/mol. The van der Waals surface area contributed by atoms with E-state index in [1.54, 1.807) is 0 Å². The standard InChI is InChI=1S/C25H36F2N4O6/c1-23(26,27)10-7-16(18(32)20(34)28-15-5-6-15)29-19(33)17-13-24(8-3-2-4-9-24)14-31(17)21(35)25(11-12-25)30-22(36)37/h15-17,30H,2-14H2,1H3,(H,28,34)(H,29,33)(H,36,37)/t16?,17-/m0/s1. The number of rotatable bonds is 10. The number of alkyl halides is 2. The van der Waals surface area contributed by atoms with E-state index in [0.29, 0.717) is 32.7 Å². The molecule has 0 aromatic heterocycles. The van der Waals surface area contributed by atoms with Crippen LogP contribution in [0.2, 0.25) is 0 Å². The number of likely N-dealkylation sites (tertiary alicyclic amines) is 1. The van der Waals surface area contributed by atoms with Crippen molar-refractivity contribution in [3.05, 3.63) is 0 Å². The van der Waals surface area contributed by atoms with Crippen LogP contribution in [0.15, 0.2) is 0 Å². The number of nitrogens with one attached hydrogen (secondary N) is 3. The molecular formula is C25H36F2N4O6. The Kier molecular flexibility index (Phi) is 7.49. The molecule has 10 nitrogen and oxygen atoms in total. The van der Waals surface area contributed by atoms with Crippen LogP contribution in [0, 0.1) is 5.41 Å². The molecule has 4 aliphatic rings. The second kappa shape index (κ2) is 10.2. The van der Waals surface area contributed by atoms with Crippen LogP contribution in [0.25, 0.3) is 0 Å². The highest BCUT2D eigenvalue weighted by Gasteiger charge is 2.58. The molecule has 0 radical (unpaired) electrons. The molecule has 0 aromatic carbocycles. The lowest BCUT2D eigenvalue weighted by Gasteiger charge is -2.33. The van der Waals surface area contributed by atoms with E-state index in [0.717, 1.165) is 44.9 Å². The third-order valence-corrected chi connectivity index (χ3v) is 8.13. The van der Waals surface area contributed by atoms with Crippen LogP contribution < -0.4 is 16.0 Å². The van der Waals surface area contributed by atoms with E-state index in [9.17, 15) is 37.9 Å². The second-order valence-corrected chi connectivity index (χ2v) is 11.5. The van der Waals surface area contributed by atoms with Crippen LogP contribution in [-0.4, -0.2) is 75.7 Å². The van der Waals surface area contributed by atoms with Gasteiger partial charge in [0.15, 0.2) is 0 Å². The number of hydrogen-bond acceptors (Lipinski definition) is 5. The minimum absolute atomic E-state index is 0.119. The zero-order valence-electron chi connectivity index (χ0n) is 21.1. The zero-order chi connectivity index (χ0) is 27.0. The lowest BCUT2D eigenvalue weighted by atomic mass is 9.72. The molecule has 4 fully saturated rings. The molecule has 4 amide bonds.